The molecule has 0 atom stereocenters. The van der Waals surface area contributed by atoms with Gasteiger partial charge in [0.25, 0.3) is 0 Å². The van der Waals surface area contributed by atoms with Crippen LogP contribution < -0.4 is 0 Å². The molecule has 0 aliphatic rings. The largest absolute Gasteiger partial charge is 0.309 e. The fourth-order valence-corrected chi connectivity index (χ4v) is 8.09. The van der Waals surface area contributed by atoms with Crippen LogP contribution in [0.1, 0.15) is 0 Å². The fraction of sp³-hybridized carbons (Fsp3) is 0. The van der Waals surface area contributed by atoms with E-state index in [0.29, 0.717) is 17.5 Å². The van der Waals surface area contributed by atoms with Gasteiger partial charge in [0.05, 0.1) is 22.2 Å². The van der Waals surface area contributed by atoms with Crippen LogP contribution in [0.25, 0.3) is 106 Å². The van der Waals surface area contributed by atoms with E-state index < -0.39 is 0 Å². The molecule has 266 valence electrons. The molecule has 0 spiro atoms. The second-order valence-corrected chi connectivity index (χ2v) is 14.3. The number of hydrogen-bond donors (Lipinski definition) is 0. The third-order valence-corrected chi connectivity index (χ3v) is 10.8. The monoisotopic (exact) mass is 727 g/mol. The highest BCUT2D eigenvalue weighted by Crippen LogP contribution is 2.40. The lowest BCUT2D eigenvalue weighted by atomic mass is 9.98. The predicted molar refractivity (Wildman–Crippen MR) is 234 cm³/mol. The molecule has 0 radical (unpaired) electrons. The van der Waals surface area contributed by atoms with E-state index in [1.165, 1.54) is 5.39 Å². The van der Waals surface area contributed by atoms with Crippen LogP contribution in [0.15, 0.2) is 200 Å². The van der Waals surface area contributed by atoms with Gasteiger partial charge >= 0.3 is 0 Å². The second kappa shape index (κ2) is 13.5. The topological polar surface area (TPSA) is 56.5 Å². The number of para-hydroxylation sites is 1. The summed E-state index contributed by atoms with van der Waals surface area (Å²) >= 11 is 0. The van der Waals surface area contributed by atoms with E-state index in [9.17, 15) is 0 Å². The standard InChI is InChI=1S/C52H33N5/c1-5-16-34(17-6-1)49-42-27-14-13-26-41(42)43-33-48-45(32-46(43)53-49)44-31-38(28-29-47(44)57(48)40-24-11-4-12-25-40)37-22-15-23-39(30-37)52-55-50(35-18-7-2-8-19-35)54-51(56-52)36-20-9-3-10-21-36/h1-33H. The summed E-state index contributed by atoms with van der Waals surface area (Å²) in [5, 5.41) is 5.78. The molecule has 5 heteroatoms. The molecule has 8 aromatic carbocycles. The van der Waals surface area contributed by atoms with E-state index >= 15 is 0 Å². The molecular formula is C52H33N5. The summed E-state index contributed by atoms with van der Waals surface area (Å²) in [7, 11) is 0. The van der Waals surface area contributed by atoms with Crippen molar-refractivity contribution in [2.24, 2.45) is 0 Å². The Kier molecular flexibility index (Phi) is 7.74. The van der Waals surface area contributed by atoms with Crippen LogP contribution in [0.5, 0.6) is 0 Å². The first-order valence-electron chi connectivity index (χ1n) is 19.1. The van der Waals surface area contributed by atoms with Gasteiger partial charge in [-0.2, -0.15) is 0 Å². The Morgan fingerprint density at radius 3 is 1.46 bits per heavy atom. The molecule has 0 saturated carbocycles. The minimum atomic E-state index is 0.630. The summed E-state index contributed by atoms with van der Waals surface area (Å²) in [5.41, 5.74) is 11.5. The normalized spacial score (nSPS) is 11.5. The highest BCUT2D eigenvalue weighted by molar-refractivity contribution is 6.19. The summed E-state index contributed by atoms with van der Waals surface area (Å²) < 4.78 is 2.38. The van der Waals surface area contributed by atoms with Gasteiger partial charge in [-0.05, 0) is 59.0 Å². The highest BCUT2D eigenvalue weighted by atomic mass is 15.0. The molecule has 5 nitrogen and oxygen atoms in total. The summed E-state index contributed by atoms with van der Waals surface area (Å²) in [6.45, 7) is 0. The number of nitrogens with zero attached hydrogens (tertiary/aromatic N) is 5. The maximum absolute atomic E-state index is 5.37. The van der Waals surface area contributed by atoms with Gasteiger partial charge in [0.1, 0.15) is 0 Å². The van der Waals surface area contributed by atoms with Gasteiger partial charge in [-0.25, -0.2) is 19.9 Å². The molecule has 0 saturated heterocycles. The van der Waals surface area contributed by atoms with Crippen molar-refractivity contribution in [2.45, 2.75) is 0 Å². The summed E-state index contributed by atoms with van der Waals surface area (Å²) in [5.74, 6) is 1.92. The summed E-state index contributed by atoms with van der Waals surface area (Å²) in [6.07, 6.45) is 0. The van der Waals surface area contributed by atoms with Crippen molar-refractivity contribution in [2.75, 3.05) is 0 Å². The van der Waals surface area contributed by atoms with E-state index in [1.54, 1.807) is 0 Å². The maximum atomic E-state index is 5.37. The van der Waals surface area contributed by atoms with Crippen molar-refractivity contribution < 1.29 is 0 Å². The van der Waals surface area contributed by atoms with Crippen molar-refractivity contribution in [3.63, 3.8) is 0 Å². The molecule has 57 heavy (non-hydrogen) atoms. The van der Waals surface area contributed by atoms with Crippen molar-refractivity contribution in [3.8, 4) is 62.2 Å². The van der Waals surface area contributed by atoms with E-state index in [0.717, 1.165) is 82.9 Å². The number of hydrogen-bond acceptors (Lipinski definition) is 4. The first-order valence-corrected chi connectivity index (χ1v) is 19.1. The molecule has 11 aromatic rings. The van der Waals surface area contributed by atoms with Crippen LogP contribution in [0.4, 0.5) is 0 Å². The van der Waals surface area contributed by atoms with Crippen LogP contribution in [0.2, 0.25) is 0 Å². The third kappa shape index (κ3) is 5.72. The van der Waals surface area contributed by atoms with Gasteiger partial charge in [-0.3, -0.25) is 0 Å². The average molecular weight is 728 g/mol. The van der Waals surface area contributed by atoms with Crippen LogP contribution in [0, 0.1) is 0 Å². The van der Waals surface area contributed by atoms with Crippen molar-refractivity contribution in [1.82, 2.24) is 24.5 Å². The average Bonchev–Trinajstić information content (AvgIpc) is 3.61. The zero-order valence-electron chi connectivity index (χ0n) is 30.8. The van der Waals surface area contributed by atoms with Crippen molar-refractivity contribution in [1.29, 1.82) is 0 Å². The minimum absolute atomic E-state index is 0.630. The quantitative estimate of drug-likeness (QED) is 0.160. The SMILES string of the molecule is c1ccc(-c2nc(-c3ccccc3)nc(-c3cccc(-c4ccc5c(c4)c4cc6nc(-c7ccccc7)c7ccccc7c6cc4n5-c4ccccc4)c3)n2)cc1. The van der Waals surface area contributed by atoms with Gasteiger partial charge in [0.2, 0.25) is 0 Å². The van der Waals surface area contributed by atoms with E-state index in [2.05, 4.69) is 144 Å². The molecule has 0 bridgehead atoms. The van der Waals surface area contributed by atoms with Gasteiger partial charge < -0.3 is 4.57 Å². The molecule has 0 N–H and O–H groups in total. The smallest absolute Gasteiger partial charge is 0.164 e. The number of pyridine rings is 1. The molecule has 0 fully saturated rings. The fourth-order valence-electron chi connectivity index (χ4n) is 8.09. The lowest BCUT2D eigenvalue weighted by Crippen LogP contribution is -2.00. The number of fused-ring (bicyclic) bond motifs is 6. The van der Waals surface area contributed by atoms with Gasteiger partial charge in [-0.1, -0.05) is 158 Å². The molecule has 0 aliphatic heterocycles. The molecule has 0 unspecified atom stereocenters. The second-order valence-electron chi connectivity index (χ2n) is 14.3. The lowest BCUT2D eigenvalue weighted by molar-refractivity contribution is 1.07. The first-order chi connectivity index (χ1) is 28.2. The molecule has 0 aliphatic carbocycles. The Balaban J connectivity index is 1.11. The van der Waals surface area contributed by atoms with Crippen LogP contribution in [-0.4, -0.2) is 24.5 Å². The minimum Gasteiger partial charge on any atom is -0.309 e. The molecular weight excluding hydrogens is 695 g/mol. The van der Waals surface area contributed by atoms with E-state index in [1.807, 2.05) is 60.7 Å². The molecule has 0 amide bonds. The van der Waals surface area contributed by atoms with Crippen molar-refractivity contribution in [3.05, 3.63) is 200 Å². The zero-order chi connectivity index (χ0) is 37.7. The number of benzene rings is 8. The highest BCUT2D eigenvalue weighted by Gasteiger charge is 2.18. The molecule has 3 aromatic heterocycles. The molecule has 3 heterocycles. The Morgan fingerprint density at radius 2 is 0.789 bits per heavy atom. The van der Waals surface area contributed by atoms with Crippen LogP contribution in [-0.2, 0) is 0 Å². The van der Waals surface area contributed by atoms with Gasteiger partial charge in [-0.15, -0.1) is 0 Å². The number of rotatable bonds is 6. The van der Waals surface area contributed by atoms with Crippen LogP contribution >= 0.6 is 0 Å². The van der Waals surface area contributed by atoms with Gasteiger partial charge in [0, 0.05) is 49.5 Å². The lowest BCUT2D eigenvalue weighted by Gasteiger charge is -2.12. The zero-order valence-corrected chi connectivity index (χ0v) is 30.8. The Morgan fingerprint density at radius 1 is 0.281 bits per heavy atom. The Bertz CT molecular complexity index is 3210. The van der Waals surface area contributed by atoms with E-state index in [4.69, 9.17) is 19.9 Å². The third-order valence-electron chi connectivity index (χ3n) is 10.8. The predicted octanol–water partition coefficient (Wildman–Crippen LogP) is 13.0. The first kappa shape index (κ1) is 32.7. The van der Waals surface area contributed by atoms with Crippen LogP contribution in [0.3, 0.4) is 0 Å². The summed E-state index contributed by atoms with van der Waals surface area (Å²) in [6, 6.07) is 69.9. The maximum Gasteiger partial charge on any atom is 0.164 e. The number of aromatic nitrogens is 5. The molecule has 11 rings (SSSR count). The van der Waals surface area contributed by atoms with E-state index in [-0.39, 0.29) is 0 Å². The Hall–Kier alpha value is -7.76. The van der Waals surface area contributed by atoms with Gasteiger partial charge in [0.15, 0.2) is 17.5 Å². The van der Waals surface area contributed by atoms with Crippen molar-refractivity contribution >= 4 is 43.5 Å². The summed E-state index contributed by atoms with van der Waals surface area (Å²) in [4.78, 5) is 20.3. The Labute approximate surface area is 329 Å².